The molecule has 9 nitrogen and oxygen atoms in total. The third kappa shape index (κ3) is 11.6. The summed E-state index contributed by atoms with van der Waals surface area (Å²) in [5.41, 5.74) is 3.04. The first-order valence-corrected chi connectivity index (χ1v) is 16.1. The number of phenols is 1. The summed E-state index contributed by atoms with van der Waals surface area (Å²) in [7, 11) is -3.54. The second kappa shape index (κ2) is 15.6. The molecule has 1 fully saturated rings. The highest BCUT2D eigenvalue weighted by molar-refractivity contribution is 7.92. The lowest BCUT2D eigenvalue weighted by Gasteiger charge is -2.28. The van der Waals surface area contributed by atoms with Gasteiger partial charge in [0.1, 0.15) is 5.75 Å². The second-order valence-corrected chi connectivity index (χ2v) is 13.0. The van der Waals surface area contributed by atoms with E-state index < -0.39 is 16.1 Å². The molecule has 40 heavy (non-hydrogen) atoms. The Bertz CT molecular complexity index is 1130. The highest BCUT2D eigenvalue weighted by Crippen LogP contribution is 2.28. The van der Waals surface area contributed by atoms with Crippen molar-refractivity contribution in [3.05, 3.63) is 53.6 Å². The van der Waals surface area contributed by atoms with Crippen LogP contribution < -0.4 is 14.9 Å². The number of hydrogen-bond acceptors (Lipinski definition) is 8. The van der Waals surface area contributed by atoms with Gasteiger partial charge in [-0.3, -0.25) is 4.72 Å². The van der Waals surface area contributed by atoms with Crippen LogP contribution in [-0.2, 0) is 25.9 Å². The largest absolute Gasteiger partial charge is 0.506 e. The normalized spacial score (nSPS) is 15.2. The minimum Gasteiger partial charge on any atom is -0.506 e. The number of sulfonamides is 1. The van der Waals surface area contributed by atoms with Crippen LogP contribution >= 0.6 is 0 Å². The second-order valence-electron chi connectivity index (χ2n) is 11.2. The molecule has 0 amide bonds. The van der Waals surface area contributed by atoms with Crippen LogP contribution in [0.2, 0.25) is 0 Å². The monoisotopic (exact) mass is 577 g/mol. The number of nitrogens with one attached hydrogen (secondary N) is 2. The number of morpholine rings is 1. The van der Waals surface area contributed by atoms with Gasteiger partial charge in [-0.15, -0.1) is 0 Å². The molecule has 3 rings (SSSR count). The van der Waals surface area contributed by atoms with Gasteiger partial charge in [0.25, 0.3) is 0 Å². The van der Waals surface area contributed by atoms with Crippen LogP contribution in [-0.4, -0.2) is 76.5 Å². The number of nitrogens with zero attached hydrogens (tertiary/aromatic N) is 1. The maximum absolute atomic E-state index is 11.5. The zero-order chi connectivity index (χ0) is 29.0. The van der Waals surface area contributed by atoms with E-state index in [1.807, 2.05) is 0 Å². The first-order chi connectivity index (χ1) is 19.0. The zero-order valence-corrected chi connectivity index (χ0v) is 25.0. The van der Waals surface area contributed by atoms with Crippen molar-refractivity contribution in [2.45, 2.75) is 64.0 Å². The summed E-state index contributed by atoms with van der Waals surface area (Å²) < 4.78 is 36.5. The third-order valence-corrected chi connectivity index (χ3v) is 7.72. The molecular formula is C30H47N3O6S. The molecule has 0 saturated carbocycles. The predicted octanol–water partition coefficient (Wildman–Crippen LogP) is 4.21. The molecule has 4 N–H and O–H groups in total. The van der Waals surface area contributed by atoms with E-state index in [0.717, 1.165) is 84.3 Å². The first kappa shape index (κ1) is 32.1. The van der Waals surface area contributed by atoms with Gasteiger partial charge in [0.05, 0.1) is 31.3 Å². The first-order valence-electron chi connectivity index (χ1n) is 14.3. The molecule has 1 atom stereocenters. The van der Waals surface area contributed by atoms with Crippen LogP contribution in [0, 0.1) is 0 Å². The Hall–Kier alpha value is -2.37. The Morgan fingerprint density at radius 2 is 1.70 bits per heavy atom. The van der Waals surface area contributed by atoms with Crippen molar-refractivity contribution in [3.8, 4) is 5.75 Å². The van der Waals surface area contributed by atoms with Gasteiger partial charge in [-0.25, -0.2) is 8.42 Å². The SMILES string of the molecule is CC(C)(CCCCOCCCCc1ccc(N2CCOCC2)cc1)NCC(O)c1ccc(O)c(NS(C)(=O)=O)c1. The number of aliphatic hydroxyl groups is 1. The summed E-state index contributed by atoms with van der Waals surface area (Å²) in [4.78, 5) is 2.37. The number of ether oxygens (including phenoxy) is 2. The molecule has 2 aromatic rings. The molecule has 0 aromatic heterocycles. The quantitative estimate of drug-likeness (QED) is 0.163. The van der Waals surface area contributed by atoms with Gasteiger partial charge in [-0.1, -0.05) is 18.2 Å². The number of anilines is 2. The van der Waals surface area contributed by atoms with E-state index in [1.165, 1.54) is 23.4 Å². The topological polar surface area (TPSA) is 120 Å². The maximum Gasteiger partial charge on any atom is 0.229 e. The Balaban J connectivity index is 1.24. The number of β-amino-alcohol motifs (C(OH)–C–C–N with tert-alkyl or cyclic N) is 1. The molecule has 1 saturated heterocycles. The molecule has 10 heteroatoms. The van der Waals surface area contributed by atoms with Crippen LogP contribution in [0.1, 0.15) is 63.2 Å². The maximum atomic E-state index is 11.5. The average molecular weight is 578 g/mol. The van der Waals surface area contributed by atoms with Gasteiger partial charge in [-0.05, 0) is 87.8 Å². The number of unbranched alkanes of at least 4 members (excludes halogenated alkanes) is 2. The summed E-state index contributed by atoms with van der Waals surface area (Å²) >= 11 is 0. The van der Waals surface area contributed by atoms with E-state index in [0.29, 0.717) is 12.1 Å². The fourth-order valence-corrected chi connectivity index (χ4v) is 5.29. The van der Waals surface area contributed by atoms with E-state index in [1.54, 1.807) is 6.07 Å². The van der Waals surface area contributed by atoms with Gasteiger partial charge in [0, 0.05) is 44.1 Å². The molecule has 224 valence electrons. The molecule has 1 aliphatic heterocycles. The van der Waals surface area contributed by atoms with Gasteiger partial charge >= 0.3 is 0 Å². The van der Waals surface area contributed by atoms with E-state index in [-0.39, 0.29) is 17.0 Å². The molecule has 1 heterocycles. The van der Waals surface area contributed by atoms with Gasteiger partial charge in [-0.2, -0.15) is 0 Å². The van der Waals surface area contributed by atoms with Crippen LogP contribution in [0.4, 0.5) is 11.4 Å². The lowest BCUT2D eigenvalue weighted by molar-refractivity contribution is 0.122. The summed E-state index contributed by atoms with van der Waals surface area (Å²) in [6.45, 7) is 9.57. The van der Waals surface area contributed by atoms with Crippen molar-refractivity contribution in [1.29, 1.82) is 0 Å². The lowest BCUT2D eigenvalue weighted by atomic mass is 9.96. The van der Waals surface area contributed by atoms with E-state index in [9.17, 15) is 18.6 Å². The summed E-state index contributed by atoms with van der Waals surface area (Å²) in [5, 5.41) is 23.9. The number of aryl methyl sites for hydroxylation is 1. The molecule has 0 aliphatic carbocycles. The number of aromatic hydroxyl groups is 1. The summed E-state index contributed by atoms with van der Waals surface area (Å²) in [6.07, 6.45) is 6.32. The number of hydrogen-bond donors (Lipinski definition) is 4. The molecule has 2 aromatic carbocycles. The van der Waals surface area contributed by atoms with E-state index >= 15 is 0 Å². The Morgan fingerprint density at radius 1 is 1.02 bits per heavy atom. The van der Waals surface area contributed by atoms with Crippen molar-refractivity contribution in [3.63, 3.8) is 0 Å². The minimum atomic E-state index is -3.54. The van der Waals surface area contributed by atoms with Crippen molar-refractivity contribution in [2.75, 3.05) is 61.9 Å². The number of phenolic OH excluding ortho intramolecular Hbond substituents is 1. The Labute approximate surface area is 239 Å². The van der Waals surface area contributed by atoms with Crippen LogP contribution in [0.5, 0.6) is 5.75 Å². The summed E-state index contributed by atoms with van der Waals surface area (Å²) in [6, 6.07) is 13.3. The van der Waals surface area contributed by atoms with Gasteiger partial charge in [0.15, 0.2) is 0 Å². The zero-order valence-electron chi connectivity index (χ0n) is 24.2. The number of aliphatic hydroxyl groups excluding tert-OH is 1. The predicted molar refractivity (Wildman–Crippen MR) is 161 cm³/mol. The average Bonchev–Trinajstić information content (AvgIpc) is 2.92. The minimum absolute atomic E-state index is 0.0523. The molecule has 0 spiro atoms. The van der Waals surface area contributed by atoms with Gasteiger partial charge < -0.3 is 29.9 Å². The highest BCUT2D eigenvalue weighted by atomic mass is 32.2. The molecule has 0 bridgehead atoms. The van der Waals surface area contributed by atoms with Crippen molar-refractivity contribution >= 4 is 21.4 Å². The summed E-state index contributed by atoms with van der Waals surface area (Å²) in [5.74, 6) is -0.189. The Morgan fingerprint density at radius 3 is 2.38 bits per heavy atom. The van der Waals surface area contributed by atoms with Crippen LogP contribution in [0.3, 0.4) is 0 Å². The highest BCUT2D eigenvalue weighted by Gasteiger charge is 2.20. The lowest BCUT2D eigenvalue weighted by Crippen LogP contribution is -2.41. The smallest absolute Gasteiger partial charge is 0.229 e. The third-order valence-electron chi connectivity index (χ3n) is 7.13. The molecule has 1 aliphatic rings. The van der Waals surface area contributed by atoms with Gasteiger partial charge in [0.2, 0.25) is 10.0 Å². The van der Waals surface area contributed by atoms with E-state index in [2.05, 4.69) is 53.1 Å². The number of benzene rings is 2. The van der Waals surface area contributed by atoms with Crippen molar-refractivity contribution in [2.24, 2.45) is 0 Å². The van der Waals surface area contributed by atoms with Crippen LogP contribution in [0.25, 0.3) is 0 Å². The number of rotatable bonds is 17. The molecule has 0 radical (unpaired) electrons. The fraction of sp³-hybridized carbons (Fsp3) is 0.600. The van der Waals surface area contributed by atoms with Crippen LogP contribution in [0.15, 0.2) is 42.5 Å². The van der Waals surface area contributed by atoms with E-state index in [4.69, 9.17) is 9.47 Å². The standard InChI is InChI=1S/C30H47N3O6S/c1-30(2,31-23-29(35)25-11-14-28(34)27(22-25)32-40(3,36)37)15-5-7-19-38-18-6-4-8-24-9-12-26(13-10-24)33-16-20-39-21-17-33/h9-14,22,29,31-32,34-35H,4-8,15-21,23H2,1-3H3. The molecular weight excluding hydrogens is 530 g/mol. The fourth-order valence-electron chi connectivity index (χ4n) is 4.72. The molecule has 1 unspecified atom stereocenters. The Kier molecular flexibility index (Phi) is 12.5. The van der Waals surface area contributed by atoms with Crippen molar-refractivity contribution in [1.82, 2.24) is 5.32 Å². The van der Waals surface area contributed by atoms with Crippen molar-refractivity contribution < 1.29 is 28.1 Å².